The molecule has 0 aliphatic carbocycles. The van der Waals surface area contributed by atoms with Crippen molar-refractivity contribution in [2.75, 3.05) is 11.9 Å². The number of urea groups is 1. The molecule has 2 amide bonds. The van der Waals surface area contributed by atoms with Crippen LogP contribution in [0.3, 0.4) is 0 Å². The lowest BCUT2D eigenvalue weighted by Crippen LogP contribution is -2.30. The second-order valence-corrected chi connectivity index (χ2v) is 6.69. The van der Waals surface area contributed by atoms with Gasteiger partial charge in [-0.25, -0.2) is 4.79 Å². The van der Waals surface area contributed by atoms with Gasteiger partial charge in [0.2, 0.25) is 0 Å². The van der Waals surface area contributed by atoms with E-state index in [0.717, 1.165) is 13.0 Å². The highest BCUT2D eigenvalue weighted by Crippen LogP contribution is 2.15. The predicted octanol–water partition coefficient (Wildman–Crippen LogP) is 4.10. The van der Waals surface area contributed by atoms with Gasteiger partial charge >= 0.3 is 6.03 Å². The number of carbonyl (C=O) groups is 1. The molecule has 0 spiro atoms. The Kier molecular flexibility index (Phi) is 5.38. The molecule has 0 saturated heterocycles. The summed E-state index contributed by atoms with van der Waals surface area (Å²) in [6.45, 7) is 2.14. The third kappa shape index (κ3) is 4.40. The van der Waals surface area contributed by atoms with Crippen molar-refractivity contribution in [3.05, 3.63) is 84.7 Å². The number of rotatable bonds is 7. The van der Waals surface area contributed by atoms with Crippen LogP contribution in [0.1, 0.15) is 12.0 Å². The lowest BCUT2D eigenvalue weighted by molar-refractivity contribution is 0.251. The minimum atomic E-state index is -0.234. The Morgan fingerprint density at radius 3 is 2.64 bits per heavy atom. The van der Waals surface area contributed by atoms with Crippen molar-refractivity contribution >= 4 is 22.8 Å². The van der Waals surface area contributed by atoms with Gasteiger partial charge < -0.3 is 9.88 Å². The standard InChI is InChI=1S/C22H23N5O/c28-22(23-13-6-14-26-15-11-19-9-4-5-10-20(19)26)24-21-12-16-27(25-21)17-18-7-2-1-3-8-18/h1-5,7-12,15-16H,6,13-14,17H2,(H2,23,24,25,28). The van der Waals surface area contributed by atoms with Crippen LogP contribution in [-0.2, 0) is 13.1 Å². The van der Waals surface area contributed by atoms with Crippen LogP contribution in [0.5, 0.6) is 0 Å². The monoisotopic (exact) mass is 373 g/mol. The molecule has 2 aromatic carbocycles. The summed E-state index contributed by atoms with van der Waals surface area (Å²) in [6, 6.07) is 22.1. The van der Waals surface area contributed by atoms with Crippen LogP contribution in [0.4, 0.5) is 10.6 Å². The van der Waals surface area contributed by atoms with Crippen molar-refractivity contribution < 1.29 is 4.79 Å². The number of hydrogen-bond donors (Lipinski definition) is 2. The minimum Gasteiger partial charge on any atom is -0.347 e. The number of hydrogen-bond acceptors (Lipinski definition) is 2. The predicted molar refractivity (Wildman–Crippen MR) is 111 cm³/mol. The number of carbonyl (C=O) groups excluding carboxylic acids is 1. The fourth-order valence-corrected chi connectivity index (χ4v) is 3.23. The number of aromatic nitrogens is 3. The van der Waals surface area contributed by atoms with Gasteiger partial charge in [0.15, 0.2) is 5.82 Å². The van der Waals surface area contributed by atoms with E-state index >= 15 is 0 Å². The molecule has 0 saturated carbocycles. The highest BCUT2D eigenvalue weighted by Gasteiger charge is 2.05. The van der Waals surface area contributed by atoms with Gasteiger partial charge in [-0.3, -0.25) is 10.00 Å². The van der Waals surface area contributed by atoms with Gasteiger partial charge in [-0.05, 0) is 29.5 Å². The Morgan fingerprint density at radius 1 is 0.929 bits per heavy atom. The quantitative estimate of drug-likeness (QED) is 0.479. The average Bonchev–Trinajstić information content (AvgIpc) is 3.33. The van der Waals surface area contributed by atoms with E-state index in [-0.39, 0.29) is 6.03 Å². The number of nitrogens with one attached hydrogen (secondary N) is 2. The molecule has 28 heavy (non-hydrogen) atoms. The first-order chi connectivity index (χ1) is 13.8. The van der Waals surface area contributed by atoms with Gasteiger partial charge in [-0.2, -0.15) is 5.10 Å². The second kappa shape index (κ2) is 8.43. The maximum absolute atomic E-state index is 12.1. The zero-order valence-corrected chi connectivity index (χ0v) is 15.6. The molecule has 2 N–H and O–H groups in total. The van der Waals surface area contributed by atoms with Crippen LogP contribution in [0, 0.1) is 0 Å². The molecular formula is C22H23N5O. The summed E-state index contributed by atoms with van der Waals surface area (Å²) in [5.74, 6) is 0.546. The highest BCUT2D eigenvalue weighted by molar-refractivity contribution is 5.88. The highest BCUT2D eigenvalue weighted by atomic mass is 16.2. The molecule has 0 unspecified atom stereocenters. The van der Waals surface area contributed by atoms with Gasteiger partial charge in [-0.15, -0.1) is 0 Å². The summed E-state index contributed by atoms with van der Waals surface area (Å²) in [7, 11) is 0. The Bertz CT molecular complexity index is 1050. The third-order valence-corrected chi connectivity index (χ3v) is 4.61. The van der Waals surface area contributed by atoms with Crippen molar-refractivity contribution in [2.24, 2.45) is 0 Å². The number of aryl methyl sites for hydroxylation is 1. The third-order valence-electron chi connectivity index (χ3n) is 4.61. The van der Waals surface area contributed by atoms with Crippen LogP contribution in [0.2, 0.25) is 0 Å². The molecule has 2 heterocycles. The molecule has 0 aliphatic heterocycles. The number of anilines is 1. The molecule has 0 radical (unpaired) electrons. The molecule has 0 atom stereocenters. The molecule has 6 heteroatoms. The lowest BCUT2D eigenvalue weighted by atomic mass is 10.2. The van der Waals surface area contributed by atoms with Gasteiger partial charge in [0.1, 0.15) is 0 Å². The molecule has 142 valence electrons. The van der Waals surface area contributed by atoms with Gasteiger partial charge in [-0.1, -0.05) is 48.5 Å². The summed E-state index contributed by atoms with van der Waals surface area (Å²) in [5, 5.41) is 11.3. The minimum absolute atomic E-state index is 0.234. The zero-order chi connectivity index (χ0) is 19.2. The number of amides is 2. The maximum atomic E-state index is 12.1. The Hall–Kier alpha value is -3.54. The van der Waals surface area contributed by atoms with Crippen molar-refractivity contribution in [1.82, 2.24) is 19.7 Å². The SMILES string of the molecule is O=C(NCCCn1ccc2ccccc21)Nc1ccn(Cc2ccccc2)n1. The van der Waals surface area contributed by atoms with E-state index in [9.17, 15) is 4.79 Å². The van der Waals surface area contributed by atoms with E-state index in [1.54, 1.807) is 6.07 Å². The Labute approximate surface area is 163 Å². The summed E-state index contributed by atoms with van der Waals surface area (Å²) in [6.07, 6.45) is 4.80. The van der Waals surface area contributed by atoms with Crippen LogP contribution >= 0.6 is 0 Å². The van der Waals surface area contributed by atoms with Gasteiger partial charge in [0, 0.05) is 37.1 Å². The smallest absolute Gasteiger partial charge is 0.320 e. The van der Waals surface area contributed by atoms with Crippen molar-refractivity contribution in [3.63, 3.8) is 0 Å². The van der Waals surface area contributed by atoms with Crippen LogP contribution in [-0.4, -0.2) is 26.9 Å². The summed E-state index contributed by atoms with van der Waals surface area (Å²) in [4.78, 5) is 12.1. The molecule has 6 nitrogen and oxygen atoms in total. The first-order valence-corrected chi connectivity index (χ1v) is 9.44. The summed E-state index contributed by atoms with van der Waals surface area (Å²) in [5.41, 5.74) is 2.38. The summed E-state index contributed by atoms with van der Waals surface area (Å²) >= 11 is 0. The van der Waals surface area contributed by atoms with E-state index in [0.29, 0.717) is 18.9 Å². The van der Waals surface area contributed by atoms with Gasteiger partial charge in [0.25, 0.3) is 0 Å². The molecule has 2 aromatic heterocycles. The molecule has 0 bridgehead atoms. The Morgan fingerprint density at radius 2 is 1.75 bits per heavy atom. The fraction of sp³-hybridized carbons (Fsp3) is 0.182. The maximum Gasteiger partial charge on any atom is 0.320 e. The van der Waals surface area contributed by atoms with Crippen LogP contribution < -0.4 is 10.6 Å². The van der Waals surface area contributed by atoms with Crippen LogP contribution in [0.25, 0.3) is 10.9 Å². The molecule has 4 rings (SSSR count). The van der Waals surface area contributed by atoms with E-state index < -0.39 is 0 Å². The summed E-state index contributed by atoms with van der Waals surface area (Å²) < 4.78 is 4.02. The molecule has 0 fully saturated rings. The van der Waals surface area contributed by atoms with Crippen LogP contribution in [0.15, 0.2) is 79.1 Å². The normalized spacial score (nSPS) is 10.9. The van der Waals surface area contributed by atoms with E-state index in [4.69, 9.17) is 0 Å². The van der Waals surface area contributed by atoms with Crippen molar-refractivity contribution in [2.45, 2.75) is 19.5 Å². The Balaban J connectivity index is 1.22. The molecule has 0 aliphatic rings. The van der Waals surface area contributed by atoms with Crippen molar-refractivity contribution in [3.8, 4) is 0 Å². The fourth-order valence-electron chi connectivity index (χ4n) is 3.23. The second-order valence-electron chi connectivity index (χ2n) is 6.69. The largest absolute Gasteiger partial charge is 0.347 e. The molecular weight excluding hydrogens is 350 g/mol. The topological polar surface area (TPSA) is 63.9 Å². The average molecular weight is 373 g/mol. The van der Waals surface area contributed by atoms with Crippen molar-refractivity contribution in [1.29, 1.82) is 0 Å². The number of para-hydroxylation sites is 1. The van der Waals surface area contributed by atoms with Gasteiger partial charge in [0.05, 0.1) is 6.54 Å². The molecule has 4 aromatic rings. The van der Waals surface area contributed by atoms with E-state index in [1.807, 2.05) is 41.2 Å². The lowest BCUT2D eigenvalue weighted by Gasteiger charge is -2.08. The number of nitrogens with zero attached hydrogens (tertiary/aromatic N) is 3. The number of benzene rings is 2. The van der Waals surface area contributed by atoms with E-state index in [1.165, 1.54) is 16.5 Å². The first-order valence-electron chi connectivity index (χ1n) is 9.44. The van der Waals surface area contributed by atoms with E-state index in [2.05, 4.69) is 56.8 Å². The number of fused-ring (bicyclic) bond motifs is 1. The first kappa shape index (κ1) is 17.9. The zero-order valence-electron chi connectivity index (χ0n) is 15.6.